The molecule has 0 saturated heterocycles. The largest absolute Gasteiger partial charge is 0.385 e. The molecule has 0 radical (unpaired) electrons. The average molecular weight is 378 g/mol. The highest BCUT2D eigenvalue weighted by atomic mass is 79.9. The van der Waals surface area contributed by atoms with Gasteiger partial charge in [-0.15, -0.1) is 0 Å². The first-order chi connectivity index (χ1) is 11.1. The van der Waals surface area contributed by atoms with Gasteiger partial charge in [0.1, 0.15) is 5.69 Å². The monoisotopic (exact) mass is 377 g/mol. The third-order valence-corrected chi connectivity index (χ3v) is 3.88. The van der Waals surface area contributed by atoms with Gasteiger partial charge in [0.25, 0.3) is 5.91 Å². The van der Waals surface area contributed by atoms with Crippen LogP contribution in [0.2, 0.25) is 0 Å². The molecule has 2 rings (SSSR count). The summed E-state index contributed by atoms with van der Waals surface area (Å²) in [5.41, 5.74) is 3.08. The van der Waals surface area contributed by atoms with Crippen LogP contribution >= 0.6 is 15.9 Å². The van der Waals surface area contributed by atoms with Crippen molar-refractivity contribution in [2.24, 2.45) is 0 Å². The lowest BCUT2D eigenvalue weighted by Gasteiger charge is -2.10. The summed E-state index contributed by atoms with van der Waals surface area (Å²) in [7, 11) is 1.68. The quantitative estimate of drug-likeness (QED) is 0.719. The van der Waals surface area contributed by atoms with E-state index in [2.05, 4.69) is 31.5 Å². The van der Waals surface area contributed by atoms with Gasteiger partial charge in [-0.2, -0.15) is 0 Å². The number of carbonyl (C=O) groups is 1. The second-order valence-electron chi connectivity index (χ2n) is 5.14. The summed E-state index contributed by atoms with van der Waals surface area (Å²) in [5, 5.41) is 6.11. The van der Waals surface area contributed by atoms with Gasteiger partial charge in [-0.25, -0.2) is 0 Å². The summed E-state index contributed by atoms with van der Waals surface area (Å²) < 4.78 is 5.85. The highest BCUT2D eigenvalue weighted by Gasteiger charge is 2.10. The molecule has 2 aromatic rings. The summed E-state index contributed by atoms with van der Waals surface area (Å²) in [6.07, 6.45) is 2.52. The molecule has 1 aromatic carbocycles. The minimum absolute atomic E-state index is 0.241. The van der Waals surface area contributed by atoms with Gasteiger partial charge in [0.05, 0.1) is 5.69 Å². The summed E-state index contributed by atoms with van der Waals surface area (Å²) in [6, 6.07) is 9.35. The summed E-state index contributed by atoms with van der Waals surface area (Å²) in [5.74, 6) is -0.241. The molecule has 1 heterocycles. The molecule has 1 aromatic heterocycles. The zero-order valence-electron chi connectivity index (χ0n) is 13.2. The van der Waals surface area contributed by atoms with E-state index in [9.17, 15) is 4.79 Å². The second-order valence-corrected chi connectivity index (χ2v) is 5.99. The van der Waals surface area contributed by atoms with Crippen molar-refractivity contribution >= 4 is 33.2 Å². The van der Waals surface area contributed by atoms with Crippen molar-refractivity contribution in [2.45, 2.75) is 13.3 Å². The molecular weight excluding hydrogens is 358 g/mol. The van der Waals surface area contributed by atoms with Crippen LogP contribution in [0.15, 0.2) is 41.0 Å². The molecule has 0 spiro atoms. The van der Waals surface area contributed by atoms with E-state index in [0.29, 0.717) is 12.3 Å². The van der Waals surface area contributed by atoms with Crippen molar-refractivity contribution in [2.75, 3.05) is 30.9 Å². The number of methoxy groups -OCH3 is 1. The lowest BCUT2D eigenvalue weighted by Crippen LogP contribution is -2.14. The summed E-state index contributed by atoms with van der Waals surface area (Å²) in [4.78, 5) is 16.5. The van der Waals surface area contributed by atoms with Crippen LogP contribution in [0.5, 0.6) is 0 Å². The van der Waals surface area contributed by atoms with E-state index >= 15 is 0 Å². The molecule has 5 nitrogen and oxygen atoms in total. The number of halogens is 1. The number of anilines is 2. The number of ether oxygens (including phenoxy) is 1. The van der Waals surface area contributed by atoms with Crippen molar-refractivity contribution in [3.05, 3.63) is 52.3 Å². The maximum atomic E-state index is 12.3. The van der Waals surface area contributed by atoms with E-state index in [1.54, 1.807) is 19.4 Å². The van der Waals surface area contributed by atoms with Crippen molar-refractivity contribution in [3.63, 3.8) is 0 Å². The van der Waals surface area contributed by atoms with E-state index in [1.165, 1.54) is 0 Å². The first-order valence-electron chi connectivity index (χ1n) is 7.36. The Morgan fingerprint density at radius 3 is 2.87 bits per heavy atom. The Labute approximate surface area is 144 Å². The second kappa shape index (κ2) is 8.64. The molecule has 122 valence electrons. The molecular formula is C17H20BrN3O2. The number of nitrogens with zero attached hydrogens (tertiary/aromatic N) is 1. The minimum Gasteiger partial charge on any atom is -0.385 e. The molecule has 0 saturated carbocycles. The van der Waals surface area contributed by atoms with Crippen LogP contribution in [-0.2, 0) is 4.74 Å². The van der Waals surface area contributed by atoms with E-state index < -0.39 is 0 Å². The number of rotatable bonds is 7. The topological polar surface area (TPSA) is 63.2 Å². The number of amides is 1. The summed E-state index contributed by atoms with van der Waals surface area (Å²) >= 11 is 3.45. The lowest BCUT2D eigenvalue weighted by atomic mass is 10.2. The number of hydrogen-bond donors (Lipinski definition) is 2. The van der Waals surface area contributed by atoms with Crippen LogP contribution in [0.1, 0.15) is 22.5 Å². The Bertz CT molecular complexity index is 677. The molecule has 6 heteroatoms. The number of hydrogen-bond acceptors (Lipinski definition) is 4. The first kappa shape index (κ1) is 17.4. The number of aryl methyl sites for hydroxylation is 1. The van der Waals surface area contributed by atoms with Crippen LogP contribution in [0, 0.1) is 6.92 Å². The number of nitrogens with one attached hydrogen (secondary N) is 2. The SMILES string of the molecule is COCCCNc1ccnc(C(=O)Nc2ccc(C)cc2Br)c1. The smallest absolute Gasteiger partial charge is 0.274 e. The maximum Gasteiger partial charge on any atom is 0.274 e. The Morgan fingerprint density at radius 2 is 2.13 bits per heavy atom. The number of pyridine rings is 1. The van der Waals surface area contributed by atoms with Crippen LogP contribution in [0.4, 0.5) is 11.4 Å². The van der Waals surface area contributed by atoms with E-state index in [-0.39, 0.29) is 5.91 Å². The Morgan fingerprint density at radius 1 is 1.30 bits per heavy atom. The zero-order chi connectivity index (χ0) is 16.7. The normalized spacial score (nSPS) is 10.4. The Hall–Kier alpha value is -1.92. The van der Waals surface area contributed by atoms with Crippen molar-refractivity contribution in [3.8, 4) is 0 Å². The molecule has 0 bridgehead atoms. The molecule has 1 amide bonds. The molecule has 0 aliphatic rings. The molecule has 2 N–H and O–H groups in total. The molecule has 23 heavy (non-hydrogen) atoms. The van der Waals surface area contributed by atoms with Crippen molar-refractivity contribution in [1.29, 1.82) is 0 Å². The van der Waals surface area contributed by atoms with Crippen LogP contribution < -0.4 is 10.6 Å². The van der Waals surface area contributed by atoms with Gasteiger partial charge < -0.3 is 15.4 Å². The third kappa shape index (κ3) is 5.33. The number of aromatic nitrogens is 1. The molecule has 0 fully saturated rings. The molecule has 0 atom stereocenters. The first-order valence-corrected chi connectivity index (χ1v) is 8.16. The predicted molar refractivity (Wildman–Crippen MR) is 96.1 cm³/mol. The fraction of sp³-hybridized carbons (Fsp3) is 0.294. The molecule has 0 unspecified atom stereocenters. The summed E-state index contributed by atoms with van der Waals surface area (Å²) in [6.45, 7) is 3.48. The Kier molecular flexibility index (Phi) is 6.55. The van der Waals surface area contributed by atoms with E-state index in [4.69, 9.17) is 4.74 Å². The van der Waals surface area contributed by atoms with Gasteiger partial charge in [-0.05, 0) is 59.1 Å². The van der Waals surface area contributed by atoms with Crippen molar-refractivity contribution in [1.82, 2.24) is 4.98 Å². The highest BCUT2D eigenvalue weighted by molar-refractivity contribution is 9.10. The van der Waals surface area contributed by atoms with Gasteiger partial charge >= 0.3 is 0 Å². The van der Waals surface area contributed by atoms with Gasteiger partial charge in [0, 0.05) is 36.6 Å². The fourth-order valence-corrected chi connectivity index (χ4v) is 2.61. The zero-order valence-corrected chi connectivity index (χ0v) is 14.8. The van der Waals surface area contributed by atoms with Gasteiger partial charge in [0.15, 0.2) is 0 Å². The van der Waals surface area contributed by atoms with Gasteiger partial charge in [0.2, 0.25) is 0 Å². The molecule has 0 aliphatic heterocycles. The van der Waals surface area contributed by atoms with Gasteiger partial charge in [-0.1, -0.05) is 6.07 Å². The average Bonchev–Trinajstić information content (AvgIpc) is 2.54. The van der Waals surface area contributed by atoms with E-state index in [1.807, 2.05) is 31.2 Å². The third-order valence-electron chi connectivity index (χ3n) is 3.22. The number of benzene rings is 1. The molecule has 0 aliphatic carbocycles. The van der Waals surface area contributed by atoms with Crippen LogP contribution in [0.25, 0.3) is 0 Å². The lowest BCUT2D eigenvalue weighted by molar-refractivity contribution is 0.102. The maximum absolute atomic E-state index is 12.3. The van der Waals surface area contributed by atoms with Crippen molar-refractivity contribution < 1.29 is 9.53 Å². The minimum atomic E-state index is -0.241. The van der Waals surface area contributed by atoms with Gasteiger partial charge in [-0.3, -0.25) is 9.78 Å². The van der Waals surface area contributed by atoms with E-state index in [0.717, 1.165) is 34.4 Å². The van der Waals surface area contributed by atoms with Crippen LogP contribution in [-0.4, -0.2) is 31.2 Å². The predicted octanol–water partition coefficient (Wildman–Crippen LogP) is 3.85. The number of carbonyl (C=O) groups excluding carboxylic acids is 1. The highest BCUT2D eigenvalue weighted by Crippen LogP contribution is 2.24. The van der Waals surface area contributed by atoms with Crippen LogP contribution in [0.3, 0.4) is 0 Å². The standard InChI is InChI=1S/C17H20BrN3O2/c1-12-4-5-15(14(18)10-12)21-17(22)16-11-13(6-8-20-16)19-7-3-9-23-2/h4-6,8,10-11H,3,7,9H2,1-2H3,(H,19,20)(H,21,22). The fourth-order valence-electron chi connectivity index (χ4n) is 2.02. The Balaban J connectivity index is 2.01.